The lowest BCUT2D eigenvalue weighted by atomic mass is 10.4. The van der Waals surface area contributed by atoms with Gasteiger partial charge >= 0.3 is 0 Å². The van der Waals surface area contributed by atoms with Crippen molar-refractivity contribution < 1.29 is 4.79 Å². The van der Waals surface area contributed by atoms with Crippen LogP contribution in [0.15, 0.2) is 24.5 Å². The monoisotopic (exact) mass is 228 g/mol. The van der Waals surface area contributed by atoms with Gasteiger partial charge < -0.3 is 4.90 Å². The molecule has 1 amide bonds. The minimum atomic E-state index is 0.0167. The van der Waals surface area contributed by atoms with Gasteiger partial charge in [0.15, 0.2) is 0 Å². The molecular weight excluding hydrogens is 220 g/mol. The minimum Gasteiger partial charge on any atom is -0.313 e. The van der Waals surface area contributed by atoms with Crippen LogP contribution in [0.1, 0.15) is 0 Å². The second-order valence-electron chi connectivity index (χ2n) is 2.30. The van der Waals surface area contributed by atoms with Crippen molar-refractivity contribution in [1.82, 2.24) is 4.98 Å². The van der Waals surface area contributed by atoms with Crippen molar-refractivity contribution in [3.8, 4) is 0 Å². The highest BCUT2D eigenvalue weighted by atomic mass is 79.9. The lowest BCUT2D eigenvalue weighted by Crippen LogP contribution is -2.26. The average Bonchev–Trinajstić information content (AvgIpc) is 2.17. The number of carbonyl (C=O) groups excluding carboxylic acids is 1. The van der Waals surface area contributed by atoms with E-state index >= 15 is 0 Å². The van der Waals surface area contributed by atoms with E-state index in [0.29, 0.717) is 5.33 Å². The van der Waals surface area contributed by atoms with Gasteiger partial charge in [-0.3, -0.25) is 9.78 Å². The summed E-state index contributed by atoms with van der Waals surface area (Å²) in [5.41, 5.74) is 0.807. The predicted molar refractivity (Wildman–Crippen MR) is 51.4 cm³/mol. The zero-order valence-corrected chi connectivity index (χ0v) is 8.28. The van der Waals surface area contributed by atoms with Crippen LogP contribution in [-0.4, -0.2) is 23.3 Å². The molecule has 64 valence electrons. The molecule has 1 aromatic heterocycles. The summed E-state index contributed by atoms with van der Waals surface area (Å²) in [6.45, 7) is 0. The molecule has 0 radical (unpaired) electrons. The van der Waals surface area contributed by atoms with Crippen molar-refractivity contribution in [1.29, 1.82) is 0 Å². The molecule has 1 rings (SSSR count). The van der Waals surface area contributed by atoms with Crippen molar-refractivity contribution in [2.75, 3.05) is 17.3 Å². The first-order valence-corrected chi connectivity index (χ1v) is 4.60. The molecule has 0 spiro atoms. The fourth-order valence-corrected chi connectivity index (χ4v) is 1.16. The lowest BCUT2D eigenvalue weighted by molar-refractivity contribution is -0.115. The highest BCUT2D eigenvalue weighted by molar-refractivity contribution is 9.09. The first kappa shape index (κ1) is 9.19. The van der Waals surface area contributed by atoms with E-state index in [-0.39, 0.29) is 5.91 Å². The molecule has 0 aliphatic carbocycles. The van der Waals surface area contributed by atoms with Gasteiger partial charge in [-0.05, 0) is 12.1 Å². The number of anilines is 1. The maximum absolute atomic E-state index is 11.2. The minimum absolute atomic E-state index is 0.0167. The molecule has 0 unspecified atom stereocenters. The molecule has 0 aromatic carbocycles. The number of amides is 1. The van der Waals surface area contributed by atoms with Gasteiger partial charge in [0.25, 0.3) is 0 Å². The molecule has 4 heteroatoms. The topological polar surface area (TPSA) is 33.2 Å². The SMILES string of the molecule is CN(C(=O)CBr)c1cccnc1. The molecule has 1 aromatic rings. The number of nitrogens with zero attached hydrogens (tertiary/aromatic N) is 2. The highest BCUT2D eigenvalue weighted by Gasteiger charge is 2.07. The molecule has 0 aliphatic heterocycles. The molecule has 12 heavy (non-hydrogen) atoms. The Hall–Kier alpha value is -0.900. The first-order valence-electron chi connectivity index (χ1n) is 3.48. The first-order chi connectivity index (χ1) is 5.75. The molecule has 0 atom stereocenters. The van der Waals surface area contributed by atoms with Gasteiger partial charge in [-0.15, -0.1) is 0 Å². The normalized spacial score (nSPS) is 9.50. The molecule has 3 nitrogen and oxygen atoms in total. The van der Waals surface area contributed by atoms with Crippen LogP contribution in [0.25, 0.3) is 0 Å². The van der Waals surface area contributed by atoms with E-state index in [0.717, 1.165) is 5.69 Å². The van der Waals surface area contributed by atoms with E-state index in [1.807, 2.05) is 6.07 Å². The molecular formula is C8H9BrN2O. The van der Waals surface area contributed by atoms with E-state index in [1.165, 1.54) is 0 Å². The van der Waals surface area contributed by atoms with E-state index in [4.69, 9.17) is 0 Å². The zero-order chi connectivity index (χ0) is 8.97. The third-order valence-electron chi connectivity index (χ3n) is 1.52. The van der Waals surface area contributed by atoms with Gasteiger partial charge in [-0.25, -0.2) is 0 Å². The summed E-state index contributed by atoms with van der Waals surface area (Å²) in [5, 5.41) is 0.332. The summed E-state index contributed by atoms with van der Waals surface area (Å²) in [6.07, 6.45) is 3.33. The number of hydrogen-bond donors (Lipinski definition) is 0. The molecule has 0 N–H and O–H groups in total. The van der Waals surface area contributed by atoms with E-state index in [2.05, 4.69) is 20.9 Å². The third kappa shape index (κ3) is 2.04. The van der Waals surface area contributed by atoms with Gasteiger partial charge in [0, 0.05) is 13.2 Å². The van der Waals surface area contributed by atoms with Gasteiger partial charge in [0.05, 0.1) is 17.2 Å². The zero-order valence-electron chi connectivity index (χ0n) is 6.70. The Morgan fingerprint density at radius 3 is 3.00 bits per heavy atom. The number of alkyl halides is 1. The van der Waals surface area contributed by atoms with Crippen molar-refractivity contribution >= 4 is 27.5 Å². The summed E-state index contributed by atoms with van der Waals surface area (Å²) in [6, 6.07) is 3.64. The van der Waals surface area contributed by atoms with Crippen LogP contribution in [0.3, 0.4) is 0 Å². The van der Waals surface area contributed by atoms with Crippen molar-refractivity contribution in [3.05, 3.63) is 24.5 Å². The standard InChI is InChI=1S/C8H9BrN2O/c1-11(8(12)5-9)7-3-2-4-10-6-7/h2-4,6H,5H2,1H3. The van der Waals surface area contributed by atoms with Crippen LogP contribution in [0.5, 0.6) is 0 Å². The van der Waals surface area contributed by atoms with Crippen LogP contribution in [0.4, 0.5) is 5.69 Å². The molecule has 0 saturated carbocycles. The van der Waals surface area contributed by atoms with Crippen molar-refractivity contribution in [2.45, 2.75) is 0 Å². The van der Waals surface area contributed by atoms with Gasteiger partial charge in [0.2, 0.25) is 5.91 Å². The summed E-state index contributed by atoms with van der Waals surface area (Å²) in [7, 11) is 1.72. The van der Waals surface area contributed by atoms with Gasteiger partial charge in [-0.1, -0.05) is 15.9 Å². The van der Waals surface area contributed by atoms with Crippen molar-refractivity contribution in [2.24, 2.45) is 0 Å². The summed E-state index contributed by atoms with van der Waals surface area (Å²) in [5.74, 6) is 0.0167. The van der Waals surface area contributed by atoms with Crippen LogP contribution < -0.4 is 4.90 Å². The second kappa shape index (κ2) is 4.21. The van der Waals surface area contributed by atoms with Crippen LogP contribution >= 0.6 is 15.9 Å². The molecule has 0 fully saturated rings. The average molecular weight is 229 g/mol. The Morgan fingerprint density at radius 1 is 1.75 bits per heavy atom. The maximum Gasteiger partial charge on any atom is 0.237 e. The molecule has 0 saturated heterocycles. The van der Waals surface area contributed by atoms with Gasteiger partial charge in [-0.2, -0.15) is 0 Å². The van der Waals surface area contributed by atoms with Crippen LogP contribution in [0, 0.1) is 0 Å². The Kier molecular flexibility index (Phi) is 3.22. The number of carbonyl (C=O) groups is 1. The molecule has 0 aliphatic rings. The maximum atomic E-state index is 11.2. The number of aromatic nitrogens is 1. The number of rotatable bonds is 2. The van der Waals surface area contributed by atoms with Crippen molar-refractivity contribution in [3.63, 3.8) is 0 Å². The summed E-state index contributed by atoms with van der Waals surface area (Å²) >= 11 is 3.10. The summed E-state index contributed by atoms with van der Waals surface area (Å²) in [4.78, 5) is 16.6. The highest BCUT2D eigenvalue weighted by Crippen LogP contribution is 2.09. The molecule has 1 heterocycles. The quantitative estimate of drug-likeness (QED) is 0.719. The third-order valence-corrected chi connectivity index (χ3v) is 2.00. The smallest absolute Gasteiger partial charge is 0.237 e. The van der Waals surface area contributed by atoms with Gasteiger partial charge in [0.1, 0.15) is 0 Å². The largest absolute Gasteiger partial charge is 0.313 e. The van der Waals surface area contributed by atoms with E-state index in [1.54, 1.807) is 30.4 Å². The number of hydrogen-bond acceptors (Lipinski definition) is 2. The van der Waals surface area contributed by atoms with E-state index in [9.17, 15) is 4.79 Å². The fraction of sp³-hybridized carbons (Fsp3) is 0.250. The predicted octanol–water partition coefficient (Wildman–Crippen LogP) is 1.44. The number of pyridine rings is 1. The summed E-state index contributed by atoms with van der Waals surface area (Å²) < 4.78 is 0. The Morgan fingerprint density at radius 2 is 2.50 bits per heavy atom. The second-order valence-corrected chi connectivity index (χ2v) is 2.86. The van der Waals surface area contributed by atoms with Crippen LogP contribution in [-0.2, 0) is 4.79 Å². The fourth-order valence-electron chi connectivity index (χ4n) is 0.786. The Labute approximate surface area is 79.5 Å². The Bertz CT molecular complexity index is 263. The number of halogens is 1. The lowest BCUT2D eigenvalue weighted by Gasteiger charge is -2.14. The van der Waals surface area contributed by atoms with Crippen LogP contribution in [0.2, 0.25) is 0 Å². The van der Waals surface area contributed by atoms with E-state index < -0.39 is 0 Å². The molecule has 0 bridgehead atoms. The Balaban J connectivity index is 2.78.